The molecule has 1 aliphatic rings. The van der Waals surface area contributed by atoms with E-state index in [1.807, 2.05) is 0 Å². The van der Waals surface area contributed by atoms with Crippen molar-refractivity contribution >= 4 is 23.4 Å². The van der Waals surface area contributed by atoms with Crippen molar-refractivity contribution in [3.8, 4) is 0 Å². The van der Waals surface area contributed by atoms with Gasteiger partial charge in [0, 0.05) is 26.2 Å². The van der Waals surface area contributed by atoms with Crippen LogP contribution in [0.2, 0.25) is 0 Å². The van der Waals surface area contributed by atoms with Crippen LogP contribution in [0.1, 0.15) is 25.3 Å². The van der Waals surface area contributed by atoms with Crippen molar-refractivity contribution < 1.29 is 19.6 Å². The zero-order chi connectivity index (χ0) is 17.9. The Hall–Kier alpha value is -2.84. The Kier molecular flexibility index (Phi) is 4.91. The molecule has 1 aromatic rings. The normalized spacial score (nSPS) is 16.3. The lowest BCUT2D eigenvalue weighted by atomic mass is 9.89. The van der Waals surface area contributed by atoms with Gasteiger partial charge in [-0.3, -0.25) is 14.9 Å². The van der Waals surface area contributed by atoms with E-state index in [4.69, 9.17) is 0 Å². The summed E-state index contributed by atoms with van der Waals surface area (Å²) >= 11 is 0. The van der Waals surface area contributed by atoms with E-state index in [-0.39, 0.29) is 16.9 Å². The quantitative estimate of drug-likeness (QED) is 0.592. The maximum atomic E-state index is 12.8. The summed E-state index contributed by atoms with van der Waals surface area (Å²) in [5.74, 6) is -0.448. The third-order valence-corrected chi connectivity index (χ3v) is 4.21. The number of likely N-dealkylation sites (tertiary alicyclic amines) is 1. The standard InChI is InChI=1S/C15H20N4O5/c1-15(17-14(21)22,13(20)18-7-3-4-8-18)10-5-6-11(16-2)12(9-10)19(23)24/h5-6,9,16-17H,3-4,7-8H2,1-2H3,(H,21,22)/p-1. The van der Waals surface area contributed by atoms with E-state index in [1.54, 1.807) is 4.90 Å². The summed E-state index contributed by atoms with van der Waals surface area (Å²) in [6, 6.07) is 4.14. The lowest BCUT2D eigenvalue weighted by Crippen LogP contribution is -2.57. The van der Waals surface area contributed by atoms with Crippen molar-refractivity contribution in [2.75, 3.05) is 25.5 Å². The number of nitro groups is 1. The topological polar surface area (TPSA) is 128 Å². The van der Waals surface area contributed by atoms with Gasteiger partial charge < -0.3 is 25.4 Å². The van der Waals surface area contributed by atoms with Crippen molar-refractivity contribution in [1.82, 2.24) is 10.2 Å². The molecule has 2 rings (SSSR count). The minimum absolute atomic E-state index is 0.189. The van der Waals surface area contributed by atoms with Crippen LogP contribution in [-0.4, -0.2) is 42.0 Å². The molecule has 1 saturated heterocycles. The molecule has 1 aliphatic heterocycles. The van der Waals surface area contributed by atoms with Gasteiger partial charge >= 0.3 is 0 Å². The van der Waals surface area contributed by atoms with Crippen molar-refractivity contribution in [2.24, 2.45) is 0 Å². The molecule has 1 unspecified atom stereocenters. The van der Waals surface area contributed by atoms with Crippen molar-refractivity contribution in [1.29, 1.82) is 0 Å². The van der Waals surface area contributed by atoms with Crippen molar-refractivity contribution in [2.45, 2.75) is 25.3 Å². The molecule has 24 heavy (non-hydrogen) atoms. The summed E-state index contributed by atoms with van der Waals surface area (Å²) in [6.07, 6.45) is 0.0585. The number of hydrogen-bond donors (Lipinski definition) is 2. The first-order valence-corrected chi connectivity index (χ1v) is 7.55. The zero-order valence-corrected chi connectivity index (χ0v) is 13.5. The van der Waals surface area contributed by atoms with Gasteiger partial charge in [0.15, 0.2) is 0 Å². The maximum absolute atomic E-state index is 12.8. The summed E-state index contributed by atoms with van der Waals surface area (Å²) < 4.78 is 0. The van der Waals surface area contributed by atoms with Gasteiger partial charge in [0.25, 0.3) is 11.6 Å². The van der Waals surface area contributed by atoms with Crippen LogP contribution in [0.3, 0.4) is 0 Å². The van der Waals surface area contributed by atoms with E-state index in [0.29, 0.717) is 13.1 Å². The second kappa shape index (κ2) is 6.73. The summed E-state index contributed by atoms with van der Waals surface area (Å²) in [7, 11) is 1.54. The first-order chi connectivity index (χ1) is 11.3. The number of rotatable bonds is 5. The van der Waals surface area contributed by atoms with Crippen LogP contribution >= 0.6 is 0 Å². The molecule has 0 radical (unpaired) electrons. The van der Waals surface area contributed by atoms with E-state index in [2.05, 4.69) is 10.6 Å². The Morgan fingerprint density at radius 3 is 2.42 bits per heavy atom. The predicted molar refractivity (Wildman–Crippen MR) is 84.3 cm³/mol. The minimum atomic E-state index is -1.65. The summed E-state index contributed by atoms with van der Waals surface area (Å²) in [4.78, 5) is 36.1. The number of carbonyl (C=O) groups excluding carboxylic acids is 2. The highest BCUT2D eigenvalue weighted by atomic mass is 16.6. The Labute approximate surface area is 138 Å². The van der Waals surface area contributed by atoms with E-state index in [1.165, 1.54) is 32.2 Å². The van der Waals surface area contributed by atoms with Gasteiger partial charge in [0.2, 0.25) is 0 Å². The maximum Gasteiger partial charge on any atom is 0.292 e. The Balaban J connectivity index is 2.51. The van der Waals surface area contributed by atoms with Crippen molar-refractivity contribution in [3.63, 3.8) is 0 Å². The van der Waals surface area contributed by atoms with Gasteiger partial charge in [-0.25, -0.2) is 0 Å². The van der Waals surface area contributed by atoms with Crippen LogP contribution in [0, 0.1) is 10.1 Å². The first-order valence-electron chi connectivity index (χ1n) is 7.55. The number of nitro benzene ring substituents is 1. The Morgan fingerprint density at radius 2 is 1.92 bits per heavy atom. The van der Waals surface area contributed by atoms with Gasteiger partial charge in [0.1, 0.15) is 17.3 Å². The fourth-order valence-corrected chi connectivity index (χ4v) is 2.89. The third kappa shape index (κ3) is 3.24. The highest BCUT2D eigenvalue weighted by molar-refractivity contribution is 5.91. The van der Waals surface area contributed by atoms with Crippen LogP contribution in [0.4, 0.5) is 16.2 Å². The van der Waals surface area contributed by atoms with Gasteiger partial charge in [-0.1, -0.05) is 6.07 Å². The fourth-order valence-electron chi connectivity index (χ4n) is 2.89. The number of nitrogens with zero attached hydrogens (tertiary/aromatic N) is 2. The molecule has 1 aromatic carbocycles. The molecule has 9 heteroatoms. The van der Waals surface area contributed by atoms with Crippen LogP contribution in [-0.2, 0) is 10.3 Å². The monoisotopic (exact) mass is 335 g/mol. The number of carbonyl (C=O) groups is 2. The molecule has 0 saturated carbocycles. The zero-order valence-electron chi connectivity index (χ0n) is 13.5. The Bertz CT molecular complexity index is 672. The van der Waals surface area contributed by atoms with Crippen LogP contribution < -0.4 is 15.7 Å². The average Bonchev–Trinajstić information content (AvgIpc) is 3.06. The lowest BCUT2D eigenvalue weighted by molar-refractivity contribution is -0.384. The highest BCUT2D eigenvalue weighted by Gasteiger charge is 2.40. The second-order valence-electron chi connectivity index (χ2n) is 5.78. The molecule has 0 spiro atoms. The van der Waals surface area contributed by atoms with E-state index in [0.717, 1.165) is 12.8 Å². The summed E-state index contributed by atoms with van der Waals surface area (Å²) in [5, 5.41) is 27.2. The highest BCUT2D eigenvalue weighted by Crippen LogP contribution is 2.32. The SMILES string of the molecule is CNc1ccc(C(C)(NC(=O)[O-])C(=O)N2CCCC2)cc1[N+](=O)[O-]. The number of hydrogen-bond acceptors (Lipinski definition) is 6. The van der Waals surface area contributed by atoms with Crippen LogP contribution in [0.15, 0.2) is 18.2 Å². The smallest absolute Gasteiger partial charge is 0.292 e. The lowest BCUT2D eigenvalue weighted by Gasteiger charge is -2.34. The summed E-state index contributed by atoms with van der Waals surface area (Å²) in [6.45, 7) is 2.45. The minimum Gasteiger partial charge on any atom is -0.530 e. The molecule has 1 atom stereocenters. The van der Waals surface area contributed by atoms with Gasteiger partial charge in [-0.15, -0.1) is 0 Å². The number of benzene rings is 1. The molecule has 9 nitrogen and oxygen atoms in total. The van der Waals surface area contributed by atoms with Crippen LogP contribution in [0.5, 0.6) is 0 Å². The molecule has 0 aromatic heterocycles. The van der Waals surface area contributed by atoms with Crippen molar-refractivity contribution in [3.05, 3.63) is 33.9 Å². The molecule has 0 aliphatic carbocycles. The molecule has 0 bridgehead atoms. The van der Waals surface area contributed by atoms with E-state index >= 15 is 0 Å². The number of carboxylic acid groups (broad SMARTS) is 1. The van der Waals surface area contributed by atoms with Gasteiger partial charge in [-0.05, 0) is 31.4 Å². The molecule has 1 heterocycles. The Morgan fingerprint density at radius 1 is 1.29 bits per heavy atom. The van der Waals surface area contributed by atoms with Crippen LogP contribution in [0.25, 0.3) is 0 Å². The molecule has 2 N–H and O–H groups in total. The average molecular weight is 335 g/mol. The summed E-state index contributed by atoms with van der Waals surface area (Å²) in [5.41, 5.74) is -1.43. The van der Waals surface area contributed by atoms with E-state index < -0.39 is 22.5 Å². The molecule has 130 valence electrons. The second-order valence-corrected chi connectivity index (χ2v) is 5.78. The third-order valence-electron chi connectivity index (χ3n) is 4.21. The molecule has 1 fully saturated rings. The molecular weight excluding hydrogens is 316 g/mol. The predicted octanol–water partition coefficient (Wildman–Crippen LogP) is 0.407. The number of amides is 2. The van der Waals surface area contributed by atoms with E-state index in [9.17, 15) is 24.8 Å². The van der Waals surface area contributed by atoms with Gasteiger partial charge in [-0.2, -0.15) is 0 Å². The number of nitrogens with one attached hydrogen (secondary N) is 2. The molecule has 2 amide bonds. The largest absolute Gasteiger partial charge is 0.530 e. The molecular formula is C15H19N4O5-. The first kappa shape index (κ1) is 17.5. The van der Waals surface area contributed by atoms with Gasteiger partial charge in [0.05, 0.1) is 4.92 Å². The number of anilines is 1. The fraction of sp³-hybridized carbons (Fsp3) is 0.467.